The highest BCUT2D eigenvalue weighted by Gasteiger charge is 2.34. The third kappa shape index (κ3) is 3.25. The third-order valence-electron chi connectivity index (χ3n) is 3.96. The summed E-state index contributed by atoms with van der Waals surface area (Å²) in [6.07, 6.45) is 2.85. The Morgan fingerprint density at radius 2 is 2.11 bits per heavy atom. The molecule has 1 atom stereocenters. The van der Waals surface area contributed by atoms with E-state index in [1.807, 2.05) is 32.0 Å². The van der Waals surface area contributed by atoms with Gasteiger partial charge in [-0.2, -0.15) is 0 Å². The first-order valence-corrected chi connectivity index (χ1v) is 6.84. The number of halogens is 1. The molecule has 4 heteroatoms. The van der Waals surface area contributed by atoms with E-state index in [1.54, 1.807) is 6.07 Å². The molecule has 19 heavy (non-hydrogen) atoms. The number of rotatable bonds is 5. The van der Waals surface area contributed by atoms with Crippen molar-refractivity contribution in [2.45, 2.75) is 37.8 Å². The molecular formula is C15H23FN2O. The van der Waals surface area contributed by atoms with Crippen molar-refractivity contribution in [2.24, 2.45) is 0 Å². The quantitative estimate of drug-likeness (QED) is 0.859. The van der Waals surface area contributed by atoms with E-state index in [-0.39, 0.29) is 11.9 Å². The molecule has 2 N–H and O–H groups in total. The lowest BCUT2D eigenvalue weighted by atomic mass is 9.80. The van der Waals surface area contributed by atoms with Crippen LogP contribution in [-0.4, -0.2) is 31.3 Å². The highest BCUT2D eigenvalue weighted by atomic mass is 19.1. The molecule has 1 aromatic carbocycles. The summed E-state index contributed by atoms with van der Waals surface area (Å²) in [5, 5.41) is 13.5. The maximum absolute atomic E-state index is 13.3. The number of benzene rings is 1. The number of anilines is 1. The molecule has 106 valence electrons. The Morgan fingerprint density at radius 1 is 1.42 bits per heavy atom. The highest BCUT2D eigenvalue weighted by molar-refractivity contribution is 5.54. The lowest BCUT2D eigenvalue weighted by molar-refractivity contribution is -0.0329. The average molecular weight is 266 g/mol. The molecular weight excluding hydrogens is 243 g/mol. The second-order valence-corrected chi connectivity index (χ2v) is 5.78. The first kappa shape index (κ1) is 14.3. The first-order valence-electron chi connectivity index (χ1n) is 6.84. The topological polar surface area (TPSA) is 35.5 Å². The fourth-order valence-electron chi connectivity index (χ4n) is 2.48. The lowest BCUT2D eigenvalue weighted by Gasteiger charge is -2.38. The van der Waals surface area contributed by atoms with Crippen LogP contribution >= 0.6 is 0 Å². The predicted octanol–water partition coefficient (Wildman–Crippen LogP) is 2.46. The van der Waals surface area contributed by atoms with Crippen molar-refractivity contribution >= 4 is 5.69 Å². The fourth-order valence-corrected chi connectivity index (χ4v) is 2.48. The molecule has 0 aliphatic heterocycles. The molecule has 1 aliphatic carbocycles. The van der Waals surface area contributed by atoms with E-state index >= 15 is 0 Å². The van der Waals surface area contributed by atoms with Crippen LogP contribution in [0.15, 0.2) is 18.2 Å². The van der Waals surface area contributed by atoms with Crippen molar-refractivity contribution in [3.63, 3.8) is 0 Å². The van der Waals surface area contributed by atoms with Gasteiger partial charge in [-0.3, -0.25) is 0 Å². The minimum absolute atomic E-state index is 0.0858. The van der Waals surface area contributed by atoms with Gasteiger partial charge in [-0.25, -0.2) is 4.39 Å². The van der Waals surface area contributed by atoms with Crippen molar-refractivity contribution in [3.05, 3.63) is 29.6 Å². The molecule has 1 aliphatic rings. The molecule has 0 spiro atoms. The van der Waals surface area contributed by atoms with Crippen molar-refractivity contribution in [3.8, 4) is 0 Å². The van der Waals surface area contributed by atoms with Gasteiger partial charge in [0.2, 0.25) is 0 Å². The molecule has 0 heterocycles. The number of nitrogens with one attached hydrogen (secondary N) is 1. The van der Waals surface area contributed by atoms with Gasteiger partial charge < -0.3 is 15.3 Å². The summed E-state index contributed by atoms with van der Waals surface area (Å²) in [6, 6.07) is 4.93. The van der Waals surface area contributed by atoms with E-state index in [1.165, 1.54) is 6.07 Å². The molecule has 2 rings (SSSR count). The summed E-state index contributed by atoms with van der Waals surface area (Å²) in [7, 11) is 3.81. The van der Waals surface area contributed by atoms with Crippen LogP contribution in [-0.2, 0) is 0 Å². The molecule has 1 unspecified atom stereocenters. The Morgan fingerprint density at radius 3 is 2.63 bits per heavy atom. The Labute approximate surface area is 114 Å². The zero-order chi connectivity index (χ0) is 14.0. The lowest BCUT2D eigenvalue weighted by Crippen LogP contribution is -2.46. The van der Waals surface area contributed by atoms with Gasteiger partial charge >= 0.3 is 0 Å². The highest BCUT2D eigenvalue weighted by Crippen LogP contribution is 2.32. The molecule has 3 nitrogen and oxygen atoms in total. The molecule has 1 fully saturated rings. The first-order chi connectivity index (χ1) is 8.91. The van der Waals surface area contributed by atoms with E-state index < -0.39 is 5.60 Å². The molecule has 0 radical (unpaired) electrons. The van der Waals surface area contributed by atoms with Crippen molar-refractivity contribution in [1.82, 2.24) is 5.32 Å². The molecule has 0 bridgehead atoms. The monoisotopic (exact) mass is 266 g/mol. The zero-order valence-corrected chi connectivity index (χ0v) is 11.9. The number of hydrogen-bond donors (Lipinski definition) is 2. The standard InChI is InChI=1S/C15H23FN2O/c1-11(17-10-15(19)7-4-8-15)13-6-5-12(16)9-14(13)18(2)3/h5-6,9,11,17,19H,4,7-8,10H2,1-3H3. The van der Waals surface area contributed by atoms with Crippen molar-refractivity contribution in [1.29, 1.82) is 0 Å². The molecule has 1 saturated carbocycles. The van der Waals surface area contributed by atoms with Crippen LogP contribution in [0, 0.1) is 5.82 Å². The van der Waals surface area contributed by atoms with Crippen LogP contribution in [0.2, 0.25) is 0 Å². The second kappa shape index (κ2) is 5.47. The summed E-state index contributed by atoms with van der Waals surface area (Å²) < 4.78 is 13.3. The van der Waals surface area contributed by atoms with E-state index in [2.05, 4.69) is 5.32 Å². The Hall–Kier alpha value is -1.13. The summed E-state index contributed by atoms with van der Waals surface area (Å²) in [6.45, 7) is 2.64. The minimum Gasteiger partial charge on any atom is -0.389 e. The smallest absolute Gasteiger partial charge is 0.125 e. The van der Waals surface area contributed by atoms with Gasteiger partial charge in [0.25, 0.3) is 0 Å². The Balaban J connectivity index is 2.07. The van der Waals surface area contributed by atoms with E-state index in [9.17, 15) is 9.50 Å². The predicted molar refractivity (Wildman–Crippen MR) is 75.9 cm³/mol. The zero-order valence-electron chi connectivity index (χ0n) is 11.9. The summed E-state index contributed by atoms with van der Waals surface area (Å²) in [5.41, 5.74) is 1.39. The molecule has 0 saturated heterocycles. The number of nitrogens with zero attached hydrogens (tertiary/aromatic N) is 1. The normalized spacial score (nSPS) is 18.8. The third-order valence-corrected chi connectivity index (χ3v) is 3.96. The van der Waals surface area contributed by atoms with Gasteiger partial charge in [0.1, 0.15) is 5.82 Å². The van der Waals surface area contributed by atoms with Crippen molar-refractivity contribution < 1.29 is 9.50 Å². The minimum atomic E-state index is -0.535. The Kier molecular flexibility index (Phi) is 4.11. The van der Waals surface area contributed by atoms with Crippen LogP contribution in [0.5, 0.6) is 0 Å². The largest absolute Gasteiger partial charge is 0.389 e. The summed E-state index contributed by atoms with van der Waals surface area (Å²) >= 11 is 0. The van der Waals surface area contributed by atoms with Crippen LogP contribution in [0.3, 0.4) is 0 Å². The van der Waals surface area contributed by atoms with Gasteiger partial charge in [0.15, 0.2) is 0 Å². The van der Waals surface area contributed by atoms with Gasteiger partial charge in [-0.15, -0.1) is 0 Å². The van der Waals surface area contributed by atoms with Crippen LogP contribution < -0.4 is 10.2 Å². The Bertz CT molecular complexity index is 444. The van der Waals surface area contributed by atoms with E-state index in [4.69, 9.17) is 0 Å². The van der Waals surface area contributed by atoms with Gasteiger partial charge in [-0.1, -0.05) is 6.07 Å². The van der Waals surface area contributed by atoms with Crippen LogP contribution in [0.4, 0.5) is 10.1 Å². The van der Waals surface area contributed by atoms with Crippen LogP contribution in [0.25, 0.3) is 0 Å². The molecule has 0 aromatic heterocycles. The number of aliphatic hydroxyl groups is 1. The molecule has 1 aromatic rings. The maximum Gasteiger partial charge on any atom is 0.125 e. The van der Waals surface area contributed by atoms with Gasteiger partial charge in [0.05, 0.1) is 5.60 Å². The fraction of sp³-hybridized carbons (Fsp3) is 0.600. The van der Waals surface area contributed by atoms with Gasteiger partial charge in [0, 0.05) is 32.4 Å². The van der Waals surface area contributed by atoms with Gasteiger partial charge in [-0.05, 0) is 43.9 Å². The van der Waals surface area contributed by atoms with E-state index in [0.29, 0.717) is 6.54 Å². The SMILES string of the molecule is CC(NCC1(O)CCC1)c1ccc(F)cc1N(C)C. The maximum atomic E-state index is 13.3. The second-order valence-electron chi connectivity index (χ2n) is 5.78. The summed E-state index contributed by atoms with van der Waals surface area (Å²) in [4.78, 5) is 1.91. The van der Waals surface area contributed by atoms with Crippen LogP contribution in [0.1, 0.15) is 37.8 Å². The average Bonchev–Trinajstić information content (AvgIpc) is 2.33. The van der Waals surface area contributed by atoms with E-state index in [0.717, 1.165) is 30.5 Å². The van der Waals surface area contributed by atoms with Crippen molar-refractivity contribution in [2.75, 3.05) is 25.5 Å². The number of hydrogen-bond acceptors (Lipinski definition) is 3. The summed E-state index contributed by atoms with van der Waals surface area (Å²) in [5.74, 6) is -0.225. The molecule has 0 amide bonds.